The number of alkyl halides is 6. The summed E-state index contributed by atoms with van der Waals surface area (Å²) in [4.78, 5) is 8.03. The Balaban J connectivity index is 1.72. The first-order valence-corrected chi connectivity index (χ1v) is 8.15. The number of nitrogens with one attached hydrogen (secondary N) is 2. The van der Waals surface area contributed by atoms with Gasteiger partial charge in [0, 0.05) is 11.9 Å². The van der Waals surface area contributed by atoms with E-state index in [-0.39, 0.29) is 23.2 Å². The topological polar surface area (TPSA) is 68.3 Å². The van der Waals surface area contributed by atoms with Crippen LogP contribution >= 0.6 is 0 Å². The minimum absolute atomic E-state index is 0.0133. The van der Waals surface area contributed by atoms with Crippen LogP contribution in [0.4, 0.5) is 49.5 Å². The van der Waals surface area contributed by atoms with Crippen LogP contribution in [0, 0.1) is 0 Å². The Morgan fingerprint density at radius 2 is 1.40 bits per heavy atom. The van der Waals surface area contributed by atoms with Gasteiger partial charge in [-0.15, -0.1) is 26.3 Å². The number of ether oxygens (including phenoxy) is 2. The molecule has 1 aromatic heterocycles. The maximum atomic E-state index is 12.5. The number of aromatic nitrogens is 2. The number of rotatable bonds is 6. The van der Waals surface area contributed by atoms with Crippen LogP contribution in [-0.4, -0.2) is 22.7 Å². The number of benzene rings is 2. The molecule has 12 heteroatoms. The van der Waals surface area contributed by atoms with Gasteiger partial charge < -0.3 is 20.1 Å². The normalized spacial score (nSPS) is 11.7. The fourth-order valence-electron chi connectivity index (χ4n) is 2.28. The van der Waals surface area contributed by atoms with Crippen LogP contribution in [0.1, 0.15) is 0 Å². The number of para-hydroxylation sites is 2. The zero-order valence-corrected chi connectivity index (χ0v) is 14.8. The van der Waals surface area contributed by atoms with Crippen molar-refractivity contribution < 1.29 is 35.8 Å². The second kappa shape index (κ2) is 8.35. The average Bonchev–Trinajstić information content (AvgIpc) is 2.63. The van der Waals surface area contributed by atoms with Crippen LogP contribution < -0.4 is 20.1 Å². The van der Waals surface area contributed by atoms with Gasteiger partial charge in [0.1, 0.15) is 11.6 Å². The van der Waals surface area contributed by atoms with Gasteiger partial charge in [0.15, 0.2) is 5.75 Å². The molecule has 30 heavy (non-hydrogen) atoms. The molecule has 0 radical (unpaired) electrons. The van der Waals surface area contributed by atoms with Crippen molar-refractivity contribution in [2.45, 2.75) is 12.7 Å². The Kier molecular flexibility index (Phi) is 5.85. The third-order valence-corrected chi connectivity index (χ3v) is 3.38. The molecule has 1 heterocycles. The quantitative estimate of drug-likeness (QED) is 0.485. The summed E-state index contributed by atoms with van der Waals surface area (Å²) in [7, 11) is 0. The first-order chi connectivity index (χ1) is 14.1. The summed E-state index contributed by atoms with van der Waals surface area (Å²) in [5, 5.41) is 5.46. The minimum atomic E-state index is -4.87. The van der Waals surface area contributed by atoms with E-state index >= 15 is 0 Å². The Bertz CT molecular complexity index is 993. The largest absolute Gasteiger partial charge is 0.573 e. The zero-order valence-electron chi connectivity index (χ0n) is 14.8. The lowest BCUT2D eigenvalue weighted by Gasteiger charge is -2.14. The predicted octanol–water partition coefficient (Wildman–Crippen LogP) is 5.76. The van der Waals surface area contributed by atoms with Gasteiger partial charge in [-0.25, -0.2) is 4.98 Å². The molecule has 0 saturated carbocycles. The van der Waals surface area contributed by atoms with Crippen molar-refractivity contribution in [2.24, 2.45) is 0 Å². The van der Waals surface area contributed by atoms with Gasteiger partial charge in [-0.2, -0.15) is 4.98 Å². The van der Waals surface area contributed by atoms with Gasteiger partial charge >= 0.3 is 12.7 Å². The molecule has 2 aromatic carbocycles. The molecular formula is C18H12F6N4O2. The molecule has 3 aromatic rings. The third kappa shape index (κ3) is 6.43. The molecule has 0 aliphatic heterocycles. The number of hydrogen-bond donors (Lipinski definition) is 2. The van der Waals surface area contributed by atoms with E-state index in [0.29, 0.717) is 5.69 Å². The molecule has 0 atom stereocenters. The van der Waals surface area contributed by atoms with Crippen LogP contribution in [0.2, 0.25) is 0 Å². The summed E-state index contributed by atoms with van der Waals surface area (Å²) < 4.78 is 81.9. The Morgan fingerprint density at radius 1 is 0.733 bits per heavy atom. The Morgan fingerprint density at radius 3 is 2.07 bits per heavy atom. The number of hydrogen-bond acceptors (Lipinski definition) is 6. The maximum Gasteiger partial charge on any atom is 0.573 e. The number of anilines is 4. The van der Waals surface area contributed by atoms with Crippen molar-refractivity contribution in [1.29, 1.82) is 0 Å². The highest BCUT2D eigenvalue weighted by atomic mass is 19.4. The summed E-state index contributed by atoms with van der Waals surface area (Å²) in [5.74, 6) is -0.645. The predicted molar refractivity (Wildman–Crippen MR) is 94.8 cm³/mol. The Hall–Kier alpha value is -3.70. The van der Waals surface area contributed by atoms with Gasteiger partial charge in [0.2, 0.25) is 5.95 Å². The molecule has 0 aliphatic carbocycles. The van der Waals surface area contributed by atoms with E-state index in [4.69, 9.17) is 0 Å². The molecule has 0 amide bonds. The lowest BCUT2D eigenvalue weighted by atomic mass is 10.3. The zero-order chi connectivity index (χ0) is 21.8. The molecule has 0 aliphatic rings. The molecule has 0 unspecified atom stereocenters. The number of halogens is 6. The first-order valence-electron chi connectivity index (χ1n) is 8.15. The van der Waals surface area contributed by atoms with Gasteiger partial charge in [-0.3, -0.25) is 0 Å². The summed E-state index contributed by atoms with van der Waals surface area (Å²) in [6, 6.07) is 11.7. The van der Waals surface area contributed by atoms with Crippen LogP contribution in [-0.2, 0) is 0 Å². The molecule has 0 bridgehead atoms. The van der Waals surface area contributed by atoms with Gasteiger partial charge in [-0.05, 0) is 42.5 Å². The monoisotopic (exact) mass is 430 g/mol. The summed E-state index contributed by atoms with van der Waals surface area (Å²) in [6.07, 6.45) is -8.33. The Labute approximate surface area is 165 Å². The fraction of sp³-hybridized carbons (Fsp3) is 0.111. The maximum absolute atomic E-state index is 12.5. The van der Waals surface area contributed by atoms with Crippen molar-refractivity contribution in [3.8, 4) is 11.5 Å². The highest BCUT2D eigenvalue weighted by Crippen LogP contribution is 2.31. The lowest BCUT2D eigenvalue weighted by Crippen LogP contribution is -2.18. The summed E-state index contributed by atoms with van der Waals surface area (Å²) >= 11 is 0. The van der Waals surface area contributed by atoms with E-state index in [9.17, 15) is 26.3 Å². The second-order valence-electron chi connectivity index (χ2n) is 5.63. The fourth-order valence-corrected chi connectivity index (χ4v) is 2.28. The van der Waals surface area contributed by atoms with E-state index in [1.165, 1.54) is 42.6 Å². The molecule has 2 N–H and O–H groups in total. The van der Waals surface area contributed by atoms with Crippen LogP contribution in [0.15, 0.2) is 60.8 Å². The van der Waals surface area contributed by atoms with E-state index < -0.39 is 18.5 Å². The first kappa shape index (κ1) is 21.0. The van der Waals surface area contributed by atoms with Crippen LogP contribution in [0.3, 0.4) is 0 Å². The molecule has 158 valence electrons. The van der Waals surface area contributed by atoms with Crippen LogP contribution in [0.5, 0.6) is 11.5 Å². The van der Waals surface area contributed by atoms with Crippen LogP contribution in [0.25, 0.3) is 0 Å². The van der Waals surface area contributed by atoms with Crippen molar-refractivity contribution in [1.82, 2.24) is 9.97 Å². The van der Waals surface area contributed by atoms with E-state index in [0.717, 1.165) is 18.2 Å². The lowest BCUT2D eigenvalue weighted by molar-refractivity contribution is -0.275. The van der Waals surface area contributed by atoms with E-state index in [2.05, 4.69) is 30.1 Å². The van der Waals surface area contributed by atoms with Crippen molar-refractivity contribution in [3.63, 3.8) is 0 Å². The smallest absolute Gasteiger partial charge is 0.406 e. The minimum Gasteiger partial charge on any atom is -0.406 e. The molecule has 0 spiro atoms. The van der Waals surface area contributed by atoms with Crippen molar-refractivity contribution in [2.75, 3.05) is 10.6 Å². The van der Waals surface area contributed by atoms with Crippen molar-refractivity contribution in [3.05, 3.63) is 60.8 Å². The second-order valence-corrected chi connectivity index (χ2v) is 5.63. The highest BCUT2D eigenvalue weighted by Gasteiger charge is 2.32. The molecule has 3 rings (SSSR count). The molecule has 0 fully saturated rings. The van der Waals surface area contributed by atoms with Gasteiger partial charge in [-0.1, -0.05) is 12.1 Å². The summed E-state index contributed by atoms with van der Waals surface area (Å²) in [6.45, 7) is 0. The van der Waals surface area contributed by atoms with E-state index in [1.807, 2.05) is 0 Å². The van der Waals surface area contributed by atoms with Gasteiger partial charge in [0.25, 0.3) is 0 Å². The average molecular weight is 430 g/mol. The third-order valence-electron chi connectivity index (χ3n) is 3.38. The standard InChI is InChI=1S/C18H12F6N4O2/c19-17(20,21)29-12-7-5-11(6-8-12)26-15-9-10-25-16(28-15)27-13-3-1-2-4-14(13)30-18(22,23)24/h1-10H,(H2,25,26,27,28). The highest BCUT2D eigenvalue weighted by molar-refractivity contribution is 5.64. The SMILES string of the molecule is FC(F)(F)Oc1ccc(Nc2ccnc(Nc3ccccc3OC(F)(F)F)n2)cc1. The molecular weight excluding hydrogens is 418 g/mol. The summed E-state index contributed by atoms with van der Waals surface area (Å²) in [5.41, 5.74) is 0.385. The number of nitrogens with zero attached hydrogens (tertiary/aromatic N) is 2. The molecule has 0 saturated heterocycles. The van der Waals surface area contributed by atoms with Crippen molar-refractivity contribution >= 4 is 23.1 Å². The van der Waals surface area contributed by atoms with E-state index in [1.54, 1.807) is 0 Å². The molecule has 6 nitrogen and oxygen atoms in total. The van der Waals surface area contributed by atoms with Gasteiger partial charge in [0.05, 0.1) is 5.69 Å².